The first-order valence-corrected chi connectivity index (χ1v) is 8.15. The van der Waals surface area contributed by atoms with Crippen LogP contribution in [0.25, 0.3) is 0 Å². The summed E-state index contributed by atoms with van der Waals surface area (Å²) < 4.78 is 7.36. The highest BCUT2D eigenvalue weighted by molar-refractivity contribution is 9.12. The van der Waals surface area contributed by atoms with Crippen LogP contribution in [0.2, 0.25) is 0 Å². The first-order chi connectivity index (χ1) is 8.45. The summed E-state index contributed by atoms with van der Waals surface area (Å²) >= 11 is 8.37. The SMILES string of the molecule is COC1(C)CCCN(C(=O)c2cc(Br)sc2Br)C1. The minimum atomic E-state index is -0.215. The third-order valence-electron chi connectivity index (χ3n) is 3.33. The van der Waals surface area contributed by atoms with E-state index in [1.165, 1.54) is 11.3 Å². The maximum absolute atomic E-state index is 12.5. The second-order valence-corrected chi connectivity index (χ2v) is 8.47. The molecule has 3 nitrogen and oxygen atoms in total. The van der Waals surface area contributed by atoms with Gasteiger partial charge in [0, 0.05) is 20.2 Å². The van der Waals surface area contributed by atoms with Gasteiger partial charge in [0.05, 0.1) is 18.7 Å². The van der Waals surface area contributed by atoms with Crippen LogP contribution in [0, 0.1) is 0 Å². The summed E-state index contributed by atoms with van der Waals surface area (Å²) in [6.45, 7) is 3.52. The molecule has 2 rings (SSSR count). The molecular formula is C12H15Br2NO2S. The fourth-order valence-electron chi connectivity index (χ4n) is 2.20. The van der Waals surface area contributed by atoms with Crippen molar-refractivity contribution in [3.05, 3.63) is 19.2 Å². The van der Waals surface area contributed by atoms with Gasteiger partial charge in [0.15, 0.2) is 0 Å². The summed E-state index contributed by atoms with van der Waals surface area (Å²) in [4.78, 5) is 14.3. The number of thiophene rings is 1. The number of methoxy groups -OCH3 is 1. The van der Waals surface area contributed by atoms with Crippen molar-refractivity contribution in [1.29, 1.82) is 0 Å². The summed E-state index contributed by atoms with van der Waals surface area (Å²) in [5, 5.41) is 0. The van der Waals surface area contributed by atoms with Crippen LogP contribution in [0.1, 0.15) is 30.1 Å². The molecule has 2 heterocycles. The summed E-state index contributed by atoms with van der Waals surface area (Å²) in [5.74, 6) is 0.0757. The fourth-order valence-corrected chi connectivity index (χ4v) is 4.98. The largest absolute Gasteiger partial charge is 0.377 e. The number of hydrogen-bond donors (Lipinski definition) is 0. The predicted molar refractivity (Wildman–Crippen MR) is 80.3 cm³/mol. The summed E-state index contributed by atoms with van der Waals surface area (Å²) in [6.07, 6.45) is 1.99. The van der Waals surface area contributed by atoms with E-state index in [1.807, 2.05) is 11.0 Å². The monoisotopic (exact) mass is 395 g/mol. The molecule has 0 saturated carbocycles. The standard InChI is InChI=1S/C12H15Br2NO2S/c1-12(17-2)4-3-5-15(7-12)11(16)8-6-9(13)18-10(8)14/h6H,3-5,7H2,1-2H3. The van der Waals surface area contributed by atoms with Gasteiger partial charge in [-0.2, -0.15) is 0 Å². The Morgan fingerprint density at radius 3 is 2.83 bits per heavy atom. The Labute approximate surface area is 128 Å². The van der Waals surface area contributed by atoms with Gasteiger partial charge in [0.25, 0.3) is 5.91 Å². The molecule has 1 atom stereocenters. The van der Waals surface area contributed by atoms with Crippen molar-refractivity contribution >= 4 is 49.1 Å². The van der Waals surface area contributed by atoms with Gasteiger partial charge >= 0.3 is 0 Å². The third kappa shape index (κ3) is 2.98. The Morgan fingerprint density at radius 2 is 2.28 bits per heavy atom. The highest BCUT2D eigenvalue weighted by Gasteiger charge is 2.34. The maximum atomic E-state index is 12.5. The Kier molecular flexibility index (Phi) is 4.52. The van der Waals surface area contributed by atoms with E-state index >= 15 is 0 Å². The minimum Gasteiger partial charge on any atom is -0.377 e. The summed E-state index contributed by atoms with van der Waals surface area (Å²) in [6, 6.07) is 1.87. The molecule has 0 aliphatic carbocycles. The van der Waals surface area contributed by atoms with Crippen LogP contribution in [0.15, 0.2) is 13.6 Å². The highest BCUT2D eigenvalue weighted by atomic mass is 79.9. The Bertz CT molecular complexity index is 463. The number of halogens is 2. The zero-order valence-electron chi connectivity index (χ0n) is 10.3. The average Bonchev–Trinajstić information content (AvgIpc) is 2.67. The van der Waals surface area contributed by atoms with Gasteiger partial charge in [-0.1, -0.05) is 0 Å². The number of piperidine rings is 1. The van der Waals surface area contributed by atoms with E-state index in [9.17, 15) is 4.79 Å². The quantitative estimate of drug-likeness (QED) is 0.758. The minimum absolute atomic E-state index is 0.0757. The first kappa shape index (κ1) is 14.5. The molecule has 18 heavy (non-hydrogen) atoms. The predicted octanol–water partition coefficient (Wildman–Crippen LogP) is 3.91. The molecule has 0 radical (unpaired) electrons. The molecule has 1 saturated heterocycles. The normalized spacial score (nSPS) is 24.3. The molecule has 6 heteroatoms. The second kappa shape index (κ2) is 5.61. The van der Waals surface area contributed by atoms with Crippen molar-refractivity contribution in [3.63, 3.8) is 0 Å². The van der Waals surface area contributed by atoms with Crippen molar-refractivity contribution in [3.8, 4) is 0 Å². The number of hydrogen-bond acceptors (Lipinski definition) is 3. The number of ether oxygens (including phenoxy) is 1. The maximum Gasteiger partial charge on any atom is 0.256 e. The molecule has 1 unspecified atom stereocenters. The van der Waals surface area contributed by atoms with Gasteiger partial charge in [0.1, 0.15) is 0 Å². The molecule has 1 aromatic rings. The van der Waals surface area contributed by atoms with Crippen LogP contribution in [0.4, 0.5) is 0 Å². The van der Waals surface area contributed by atoms with Crippen molar-refractivity contribution in [2.75, 3.05) is 20.2 Å². The third-order valence-corrected chi connectivity index (χ3v) is 5.67. The van der Waals surface area contributed by atoms with Crippen molar-refractivity contribution < 1.29 is 9.53 Å². The Balaban J connectivity index is 2.16. The lowest BCUT2D eigenvalue weighted by atomic mass is 9.94. The zero-order valence-corrected chi connectivity index (χ0v) is 14.3. The van der Waals surface area contributed by atoms with Crippen LogP contribution in [0.3, 0.4) is 0 Å². The molecule has 1 amide bonds. The van der Waals surface area contributed by atoms with E-state index in [2.05, 4.69) is 38.8 Å². The molecule has 1 aliphatic heterocycles. The summed E-state index contributed by atoms with van der Waals surface area (Å²) in [5.41, 5.74) is 0.514. The van der Waals surface area contributed by atoms with E-state index in [0.29, 0.717) is 6.54 Å². The smallest absolute Gasteiger partial charge is 0.256 e. The van der Waals surface area contributed by atoms with Crippen molar-refractivity contribution in [2.45, 2.75) is 25.4 Å². The van der Waals surface area contributed by atoms with Crippen molar-refractivity contribution in [2.24, 2.45) is 0 Å². The van der Waals surface area contributed by atoms with Crippen LogP contribution < -0.4 is 0 Å². The lowest BCUT2D eigenvalue weighted by Gasteiger charge is -2.39. The second-order valence-electron chi connectivity index (χ2n) is 4.72. The van der Waals surface area contributed by atoms with E-state index in [1.54, 1.807) is 7.11 Å². The van der Waals surface area contributed by atoms with E-state index in [4.69, 9.17) is 4.74 Å². The molecule has 1 fully saturated rings. The molecular weight excluding hydrogens is 382 g/mol. The van der Waals surface area contributed by atoms with E-state index in [-0.39, 0.29) is 11.5 Å². The number of nitrogens with zero attached hydrogens (tertiary/aromatic N) is 1. The number of rotatable bonds is 2. The first-order valence-electron chi connectivity index (χ1n) is 5.74. The number of carbonyl (C=O) groups is 1. The lowest BCUT2D eigenvalue weighted by Crippen LogP contribution is -2.49. The number of amides is 1. The highest BCUT2D eigenvalue weighted by Crippen LogP contribution is 2.34. The molecule has 1 aromatic heterocycles. The zero-order chi connectivity index (χ0) is 13.3. The molecule has 0 N–H and O–H groups in total. The van der Waals surface area contributed by atoms with Crippen LogP contribution >= 0.6 is 43.2 Å². The van der Waals surface area contributed by atoms with Crippen LogP contribution in [-0.2, 0) is 4.74 Å². The molecule has 1 aliphatic rings. The van der Waals surface area contributed by atoms with Gasteiger partial charge in [0.2, 0.25) is 0 Å². The van der Waals surface area contributed by atoms with Crippen molar-refractivity contribution in [1.82, 2.24) is 4.90 Å². The van der Waals surface area contributed by atoms with Gasteiger partial charge in [-0.3, -0.25) is 4.79 Å². The molecule has 0 bridgehead atoms. The van der Waals surface area contributed by atoms with Gasteiger partial charge in [-0.05, 0) is 57.7 Å². The fraction of sp³-hybridized carbons (Fsp3) is 0.583. The van der Waals surface area contributed by atoms with Gasteiger partial charge in [-0.15, -0.1) is 11.3 Å². The molecule has 0 spiro atoms. The number of carbonyl (C=O) groups excluding carboxylic acids is 1. The lowest BCUT2D eigenvalue weighted by molar-refractivity contribution is -0.0440. The topological polar surface area (TPSA) is 29.5 Å². The van der Waals surface area contributed by atoms with Gasteiger partial charge < -0.3 is 9.64 Å². The Hall–Kier alpha value is 0.0900. The average molecular weight is 397 g/mol. The Morgan fingerprint density at radius 1 is 1.56 bits per heavy atom. The van der Waals surface area contributed by atoms with Crippen LogP contribution in [0.5, 0.6) is 0 Å². The molecule has 100 valence electrons. The molecule has 0 aromatic carbocycles. The number of likely N-dealkylation sites (tertiary alicyclic amines) is 1. The summed E-state index contributed by atoms with van der Waals surface area (Å²) in [7, 11) is 1.71. The van der Waals surface area contributed by atoms with E-state index < -0.39 is 0 Å². The van der Waals surface area contributed by atoms with Crippen LogP contribution in [-0.4, -0.2) is 36.6 Å². The van der Waals surface area contributed by atoms with E-state index in [0.717, 1.165) is 32.5 Å². The van der Waals surface area contributed by atoms with Gasteiger partial charge in [-0.25, -0.2) is 0 Å².